The van der Waals surface area contributed by atoms with Gasteiger partial charge in [-0.1, -0.05) is 18.2 Å². The molecule has 0 fully saturated rings. The van der Waals surface area contributed by atoms with Gasteiger partial charge < -0.3 is 9.30 Å². The van der Waals surface area contributed by atoms with Crippen LogP contribution in [0.4, 0.5) is 13.2 Å². The van der Waals surface area contributed by atoms with E-state index in [1.54, 1.807) is 18.2 Å². The van der Waals surface area contributed by atoms with Crippen molar-refractivity contribution in [3.8, 4) is 5.75 Å². The topological polar surface area (TPSA) is 80.6 Å². The molecular weight excluding hydrogens is 365 g/mol. The lowest BCUT2D eigenvalue weighted by molar-refractivity contribution is -0.274. The second kappa shape index (κ2) is 7.12. The van der Waals surface area contributed by atoms with Crippen LogP contribution < -0.4 is 15.8 Å². The number of benzene rings is 2. The van der Waals surface area contributed by atoms with Gasteiger partial charge >= 0.3 is 6.36 Å². The van der Waals surface area contributed by atoms with Crippen LogP contribution in [0.25, 0.3) is 10.8 Å². The highest BCUT2D eigenvalue weighted by molar-refractivity contribution is 5.97. The Morgan fingerprint density at radius 1 is 1.15 bits per heavy atom. The summed E-state index contributed by atoms with van der Waals surface area (Å²) in [5, 5.41) is 9.53. The zero-order valence-corrected chi connectivity index (χ0v) is 13.7. The number of aromatic nitrogens is 1. The molecule has 0 unspecified atom stereocenters. The minimum Gasteiger partial charge on any atom is -0.406 e. The van der Waals surface area contributed by atoms with Gasteiger partial charge in [-0.15, -0.1) is 13.2 Å². The number of amides is 1. The first-order valence-corrected chi connectivity index (χ1v) is 7.69. The van der Waals surface area contributed by atoms with Gasteiger partial charge in [0.1, 0.15) is 5.75 Å². The first kappa shape index (κ1) is 18.5. The SMILES string of the molecule is O=C(NO)c1ccc2ccn(Cc3cccc(OC(F)(F)F)c3)c(=O)c2c1. The molecule has 0 radical (unpaired) electrons. The van der Waals surface area contributed by atoms with Gasteiger partial charge in [0.25, 0.3) is 11.5 Å². The molecule has 3 aromatic rings. The summed E-state index contributed by atoms with van der Waals surface area (Å²) in [4.78, 5) is 24.2. The number of hydrogen-bond acceptors (Lipinski definition) is 4. The van der Waals surface area contributed by atoms with Crippen LogP contribution in [0.2, 0.25) is 0 Å². The third-order valence-electron chi connectivity index (χ3n) is 3.83. The molecule has 1 aromatic heterocycles. The molecule has 0 atom stereocenters. The molecule has 9 heteroatoms. The van der Waals surface area contributed by atoms with E-state index in [0.717, 1.165) is 0 Å². The van der Waals surface area contributed by atoms with Crippen LogP contribution in [0, 0.1) is 0 Å². The lowest BCUT2D eigenvalue weighted by Gasteiger charge is -2.11. The normalized spacial score (nSPS) is 11.4. The van der Waals surface area contributed by atoms with Gasteiger partial charge in [0.15, 0.2) is 0 Å². The fourth-order valence-corrected chi connectivity index (χ4v) is 2.65. The Morgan fingerprint density at radius 2 is 1.93 bits per heavy atom. The van der Waals surface area contributed by atoms with Crippen LogP contribution in [-0.2, 0) is 6.54 Å². The molecule has 27 heavy (non-hydrogen) atoms. The van der Waals surface area contributed by atoms with Crippen molar-refractivity contribution in [3.05, 3.63) is 76.2 Å². The lowest BCUT2D eigenvalue weighted by Crippen LogP contribution is -2.22. The molecular formula is C18H13F3N2O4. The summed E-state index contributed by atoms with van der Waals surface area (Å²) in [5.41, 5.74) is 1.59. The third-order valence-corrected chi connectivity index (χ3v) is 3.83. The second-order valence-electron chi connectivity index (χ2n) is 5.69. The summed E-state index contributed by atoms with van der Waals surface area (Å²) >= 11 is 0. The fourth-order valence-electron chi connectivity index (χ4n) is 2.65. The Morgan fingerprint density at radius 3 is 2.63 bits per heavy atom. The average Bonchev–Trinajstić information content (AvgIpc) is 2.62. The van der Waals surface area contributed by atoms with E-state index in [1.165, 1.54) is 46.6 Å². The lowest BCUT2D eigenvalue weighted by atomic mass is 10.1. The molecule has 2 N–H and O–H groups in total. The molecule has 0 saturated heterocycles. The maximum Gasteiger partial charge on any atom is 0.573 e. The number of carbonyl (C=O) groups is 1. The maximum absolute atomic E-state index is 12.7. The molecule has 0 aliphatic rings. The summed E-state index contributed by atoms with van der Waals surface area (Å²) in [5.74, 6) is -1.14. The van der Waals surface area contributed by atoms with E-state index in [2.05, 4.69) is 4.74 Å². The summed E-state index contributed by atoms with van der Waals surface area (Å²) in [6.45, 7) is 0.0141. The van der Waals surface area contributed by atoms with Gasteiger partial charge in [-0.3, -0.25) is 14.8 Å². The Labute approximate surface area is 150 Å². The minimum absolute atomic E-state index is 0.0141. The van der Waals surface area contributed by atoms with Crippen LogP contribution in [0.5, 0.6) is 5.75 Å². The number of pyridine rings is 1. The number of nitrogens with one attached hydrogen (secondary N) is 1. The van der Waals surface area contributed by atoms with Crippen molar-refractivity contribution in [3.63, 3.8) is 0 Å². The Bertz CT molecular complexity index is 1060. The molecule has 0 spiro atoms. The van der Waals surface area contributed by atoms with Crippen molar-refractivity contribution >= 4 is 16.7 Å². The fraction of sp³-hybridized carbons (Fsp3) is 0.111. The predicted octanol–water partition coefficient (Wildman–Crippen LogP) is 3.07. The molecule has 1 amide bonds. The number of hydrogen-bond donors (Lipinski definition) is 2. The van der Waals surface area contributed by atoms with E-state index < -0.39 is 17.8 Å². The Balaban J connectivity index is 1.96. The monoisotopic (exact) mass is 378 g/mol. The van der Waals surface area contributed by atoms with E-state index >= 15 is 0 Å². The van der Waals surface area contributed by atoms with Gasteiger partial charge in [-0.25, -0.2) is 5.48 Å². The number of ether oxygens (including phenoxy) is 1. The Hall–Kier alpha value is -3.33. The average molecular weight is 378 g/mol. The highest BCUT2D eigenvalue weighted by Crippen LogP contribution is 2.23. The van der Waals surface area contributed by atoms with Crippen LogP contribution in [0.15, 0.2) is 59.5 Å². The molecule has 0 bridgehead atoms. The minimum atomic E-state index is -4.80. The predicted molar refractivity (Wildman–Crippen MR) is 89.7 cm³/mol. The first-order valence-electron chi connectivity index (χ1n) is 7.69. The number of alkyl halides is 3. The van der Waals surface area contributed by atoms with E-state index in [1.807, 2.05) is 0 Å². The number of hydroxylamine groups is 1. The number of fused-ring (bicyclic) bond motifs is 1. The van der Waals surface area contributed by atoms with E-state index in [-0.39, 0.29) is 23.2 Å². The number of carbonyl (C=O) groups excluding carboxylic acids is 1. The van der Waals surface area contributed by atoms with Crippen molar-refractivity contribution in [2.24, 2.45) is 0 Å². The summed E-state index contributed by atoms with van der Waals surface area (Å²) < 4.78 is 42.2. The van der Waals surface area contributed by atoms with Crippen LogP contribution in [-0.4, -0.2) is 22.0 Å². The van der Waals surface area contributed by atoms with Crippen LogP contribution in [0.3, 0.4) is 0 Å². The number of rotatable bonds is 4. The van der Waals surface area contributed by atoms with Crippen LogP contribution >= 0.6 is 0 Å². The summed E-state index contributed by atoms with van der Waals surface area (Å²) in [7, 11) is 0. The molecule has 3 rings (SSSR count). The van der Waals surface area contributed by atoms with Gasteiger partial charge in [0.2, 0.25) is 0 Å². The zero-order chi connectivity index (χ0) is 19.6. The first-order chi connectivity index (χ1) is 12.8. The molecule has 0 saturated carbocycles. The van der Waals surface area contributed by atoms with Crippen molar-refractivity contribution in [2.75, 3.05) is 0 Å². The second-order valence-corrected chi connectivity index (χ2v) is 5.69. The highest BCUT2D eigenvalue weighted by Gasteiger charge is 2.31. The molecule has 1 heterocycles. The van der Waals surface area contributed by atoms with Gasteiger partial charge in [-0.2, -0.15) is 0 Å². The third kappa shape index (κ3) is 4.26. The van der Waals surface area contributed by atoms with Crippen molar-refractivity contribution in [1.82, 2.24) is 10.0 Å². The van der Waals surface area contributed by atoms with Gasteiger partial charge in [0, 0.05) is 17.1 Å². The van der Waals surface area contributed by atoms with Gasteiger partial charge in [-0.05, 0) is 41.3 Å². The van der Waals surface area contributed by atoms with Crippen molar-refractivity contribution < 1.29 is 27.9 Å². The van der Waals surface area contributed by atoms with E-state index in [4.69, 9.17) is 5.21 Å². The summed E-state index contributed by atoms with van der Waals surface area (Å²) in [6, 6.07) is 11.3. The van der Waals surface area contributed by atoms with Crippen LogP contribution in [0.1, 0.15) is 15.9 Å². The Kier molecular flexibility index (Phi) is 4.87. The zero-order valence-electron chi connectivity index (χ0n) is 13.7. The van der Waals surface area contributed by atoms with Gasteiger partial charge in [0.05, 0.1) is 6.54 Å². The maximum atomic E-state index is 12.7. The largest absolute Gasteiger partial charge is 0.573 e. The number of halogens is 3. The van der Waals surface area contributed by atoms with E-state index in [0.29, 0.717) is 10.9 Å². The smallest absolute Gasteiger partial charge is 0.406 e. The van der Waals surface area contributed by atoms with Crippen molar-refractivity contribution in [1.29, 1.82) is 0 Å². The van der Waals surface area contributed by atoms with Crippen molar-refractivity contribution in [2.45, 2.75) is 12.9 Å². The molecule has 140 valence electrons. The summed E-state index contributed by atoms with van der Waals surface area (Å²) in [6.07, 6.45) is -3.30. The highest BCUT2D eigenvalue weighted by atomic mass is 19.4. The quantitative estimate of drug-likeness (QED) is 0.540. The molecule has 0 aliphatic heterocycles. The standard InChI is InChI=1S/C18H13F3N2O4/c19-18(20,21)27-14-3-1-2-11(8-14)10-23-7-6-12-4-5-13(16(24)22-26)9-15(12)17(23)25/h1-9,26H,10H2,(H,22,24). The van der Waals surface area contributed by atoms with E-state index in [9.17, 15) is 22.8 Å². The molecule has 0 aliphatic carbocycles. The molecule has 6 nitrogen and oxygen atoms in total. The molecule has 2 aromatic carbocycles. The number of nitrogens with zero attached hydrogens (tertiary/aromatic N) is 1.